The molecule has 2 amide bonds. The van der Waals surface area contributed by atoms with E-state index in [1.54, 1.807) is 6.07 Å². The normalized spacial score (nSPS) is 16.4. The first kappa shape index (κ1) is 20.1. The molecule has 2 aliphatic rings. The van der Waals surface area contributed by atoms with Gasteiger partial charge in [0.25, 0.3) is 0 Å². The van der Waals surface area contributed by atoms with E-state index in [9.17, 15) is 9.59 Å². The fourth-order valence-electron chi connectivity index (χ4n) is 3.74. The van der Waals surface area contributed by atoms with Crippen molar-refractivity contribution in [2.45, 2.75) is 26.3 Å². The third kappa shape index (κ3) is 4.20. The predicted molar refractivity (Wildman–Crippen MR) is 112 cm³/mol. The molecule has 7 heteroatoms. The van der Waals surface area contributed by atoms with Crippen molar-refractivity contribution >= 4 is 17.5 Å². The van der Waals surface area contributed by atoms with E-state index in [0.717, 1.165) is 5.56 Å². The number of para-hydroxylation sites is 2. The molecule has 7 nitrogen and oxygen atoms in total. The molecule has 1 atom stereocenters. The summed E-state index contributed by atoms with van der Waals surface area (Å²) in [5, 5.41) is 3.09. The van der Waals surface area contributed by atoms with E-state index >= 15 is 0 Å². The van der Waals surface area contributed by atoms with Crippen molar-refractivity contribution < 1.29 is 23.8 Å². The third-order valence-electron chi connectivity index (χ3n) is 5.24. The van der Waals surface area contributed by atoms with Crippen LogP contribution in [0.25, 0.3) is 0 Å². The lowest BCUT2D eigenvalue weighted by molar-refractivity contribution is -0.124. The van der Waals surface area contributed by atoms with Gasteiger partial charge in [0.2, 0.25) is 11.8 Å². The topological polar surface area (TPSA) is 77.1 Å². The average molecular weight is 410 g/mol. The lowest BCUT2D eigenvalue weighted by Gasteiger charge is -2.27. The van der Waals surface area contributed by atoms with Gasteiger partial charge in [0.1, 0.15) is 25.5 Å². The van der Waals surface area contributed by atoms with Gasteiger partial charge in [-0.25, -0.2) is 0 Å². The summed E-state index contributed by atoms with van der Waals surface area (Å²) < 4.78 is 16.9. The monoisotopic (exact) mass is 410 g/mol. The van der Waals surface area contributed by atoms with Gasteiger partial charge in [-0.3, -0.25) is 14.5 Å². The summed E-state index contributed by atoms with van der Waals surface area (Å²) in [6.07, 6.45) is 0.234. The van der Waals surface area contributed by atoms with Gasteiger partial charge >= 0.3 is 0 Å². The SMILES string of the molecule is CC(C)[C@H](NC(=O)CN1C(=O)CCOc2ccccc21)c1ccc2c(c1)OCCO2. The minimum atomic E-state index is -0.228. The van der Waals surface area contributed by atoms with Crippen LogP contribution in [-0.2, 0) is 9.59 Å². The Bertz CT molecular complexity index is 943. The first-order valence-corrected chi connectivity index (χ1v) is 10.2. The first-order valence-electron chi connectivity index (χ1n) is 10.2. The summed E-state index contributed by atoms with van der Waals surface area (Å²) in [7, 11) is 0. The molecule has 0 fully saturated rings. The second kappa shape index (κ2) is 8.65. The van der Waals surface area contributed by atoms with E-state index in [1.807, 2.05) is 50.2 Å². The molecule has 2 aliphatic heterocycles. The van der Waals surface area contributed by atoms with Gasteiger partial charge in [0.05, 0.1) is 24.8 Å². The number of rotatable bonds is 5. The van der Waals surface area contributed by atoms with E-state index in [-0.39, 0.29) is 36.7 Å². The zero-order valence-corrected chi connectivity index (χ0v) is 17.2. The van der Waals surface area contributed by atoms with Crippen molar-refractivity contribution in [1.29, 1.82) is 0 Å². The molecule has 0 saturated carbocycles. The van der Waals surface area contributed by atoms with E-state index in [2.05, 4.69) is 5.32 Å². The van der Waals surface area contributed by atoms with Crippen molar-refractivity contribution in [1.82, 2.24) is 5.32 Å². The minimum Gasteiger partial charge on any atom is -0.491 e. The third-order valence-corrected chi connectivity index (χ3v) is 5.24. The Morgan fingerprint density at radius 1 is 1.00 bits per heavy atom. The van der Waals surface area contributed by atoms with Crippen molar-refractivity contribution in [3.63, 3.8) is 0 Å². The summed E-state index contributed by atoms with van der Waals surface area (Å²) in [5.41, 5.74) is 1.56. The molecule has 0 spiro atoms. The summed E-state index contributed by atoms with van der Waals surface area (Å²) in [5.74, 6) is 1.80. The number of carbonyl (C=O) groups is 2. The maximum atomic E-state index is 13.0. The molecule has 2 aromatic carbocycles. The zero-order chi connectivity index (χ0) is 21.1. The molecule has 0 aliphatic carbocycles. The Hall–Kier alpha value is -3.22. The van der Waals surface area contributed by atoms with Crippen LogP contribution in [0.1, 0.15) is 31.9 Å². The summed E-state index contributed by atoms with van der Waals surface area (Å²) >= 11 is 0. The number of benzene rings is 2. The minimum absolute atomic E-state index is 0.0625. The lowest BCUT2D eigenvalue weighted by atomic mass is 9.95. The predicted octanol–water partition coefficient (Wildman–Crippen LogP) is 3.09. The van der Waals surface area contributed by atoms with Crippen LogP contribution < -0.4 is 24.4 Å². The van der Waals surface area contributed by atoms with Crippen LogP contribution in [0, 0.1) is 5.92 Å². The second-order valence-corrected chi connectivity index (χ2v) is 7.74. The summed E-state index contributed by atoms with van der Waals surface area (Å²) in [6.45, 7) is 5.37. The van der Waals surface area contributed by atoms with E-state index < -0.39 is 0 Å². The van der Waals surface area contributed by atoms with Gasteiger partial charge in [-0.2, -0.15) is 0 Å². The van der Waals surface area contributed by atoms with Crippen LogP contribution in [0.2, 0.25) is 0 Å². The molecular weight excluding hydrogens is 384 g/mol. The Labute approximate surface area is 175 Å². The summed E-state index contributed by atoms with van der Waals surface area (Å²) in [6, 6.07) is 12.8. The average Bonchev–Trinajstić information content (AvgIpc) is 2.90. The Morgan fingerprint density at radius 3 is 2.53 bits per heavy atom. The van der Waals surface area contributed by atoms with E-state index in [1.165, 1.54) is 4.90 Å². The molecule has 158 valence electrons. The fourth-order valence-corrected chi connectivity index (χ4v) is 3.74. The van der Waals surface area contributed by atoms with Crippen molar-refractivity contribution in [3.05, 3.63) is 48.0 Å². The van der Waals surface area contributed by atoms with Crippen LogP contribution in [0.5, 0.6) is 17.2 Å². The number of anilines is 1. The second-order valence-electron chi connectivity index (χ2n) is 7.74. The van der Waals surface area contributed by atoms with Crippen LogP contribution in [0.3, 0.4) is 0 Å². The number of fused-ring (bicyclic) bond motifs is 2. The largest absolute Gasteiger partial charge is 0.491 e. The molecule has 0 aromatic heterocycles. The van der Waals surface area contributed by atoms with Crippen LogP contribution in [-0.4, -0.2) is 38.2 Å². The van der Waals surface area contributed by atoms with E-state index in [4.69, 9.17) is 14.2 Å². The number of hydrogen-bond donors (Lipinski definition) is 1. The van der Waals surface area contributed by atoms with Crippen molar-refractivity contribution in [2.75, 3.05) is 31.3 Å². The van der Waals surface area contributed by atoms with Crippen LogP contribution >= 0.6 is 0 Å². The fraction of sp³-hybridized carbons (Fsp3) is 0.391. The van der Waals surface area contributed by atoms with Gasteiger partial charge in [-0.1, -0.05) is 32.0 Å². The number of amides is 2. The molecule has 2 heterocycles. The zero-order valence-electron chi connectivity index (χ0n) is 17.2. The smallest absolute Gasteiger partial charge is 0.240 e. The number of carbonyl (C=O) groups excluding carboxylic acids is 2. The molecule has 0 saturated heterocycles. The molecule has 30 heavy (non-hydrogen) atoms. The number of nitrogens with zero attached hydrogens (tertiary/aromatic N) is 1. The molecule has 0 unspecified atom stereocenters. The standard InChI is InChI=1S/C23H26N2O5/c1-15(2)23(16-7-8-19-20(13-16)30-12-11-29-19)24-21(26)14-25-17-5-3-4-6-18(17)28-10-9-22(25)27/h3-8,13,15,23H,9-12,14H2,1-2H3,(H,24,26)/t23-/m0/s1. The van der Waals surface area contributed by atoms with Crippen molar-refractivity contribution in [3.8, 4) is 17.2 Å². The van der Waals surface area contributed by atoms with Crippen LogP contribution in [0.4, 0.5) is 5.69 Å². The molecule has 0 bridgehead atoms. The lowest BCUT2D eigenvalue weighted by Crippen LogP contribution is -2.42. The molecule has 1 N–H and O–H groups in total. The van der Waals surface area contributed by atoms with Gasteiger partial charge in [-0.15, -0.1) is 0 Å². The van der Waals surface area contributed by atoms with Gasteiger partial charge in [-0.05, 0) is 35.7 Å². The highest BCUT2D eigenvalue weighted by Gasteiger charge is 2.27. The maximum Gasteiger partial charge on any atom is 0.240 e. The summed E-state index contributed by atoms with van der Waals surface area (Å²) in [4.78, 5) is 27.1. The highest BCUT2D eigenvalue weighted by atomic mass is 16.6. The maximum absolute atomic E-state index is 13.0. The van der Waals surface area contributed by atoms with Gasteiger partial charge in [0.15, 0.2) is 11.5 Å². The quantitative estimate of drug-likeness (QED) is 0.820. The molecule has 2 aromatic rings. The number of nitrogens with one attached hydrogen (secondary N) is 1. The molecular formula is C23H26N2O5. The highest BCUT2D eigenvalue weighted by molar-refractivity contribution is 6.00. The number of hydrogen-bond acceptors (Lipinski definition) is 5. The number of ether oxygens (including phenoxy) is 3. The van der Waals surface area contributed by atoms with Gasteiger partial charge < -0.3 is 19.5 Å². The molecule has 0 radical (unpaired) electrons. The molecule has 4 rings (SSSR count). The Kier molecular flexibility index (Phi) is 5.79. The Balaban J connectivity index is 1.52. The highest BCUT2D eigenvalue weighted by Crippen LogP contribution is 2.35. The Morgan fingerprint density at radius 2 is 1.73 bits per heavy atom. The van der Waals surface area contributed by atoms with E-state index in [0.29, 0.717) is 42.8 Å². The first-order chi connectivity index (χ1) is 14.5. The van der Waals surface area contributed by atoms with Gasteiger partial charge in [0, 0.05) is 0 Å². The van der Waals surface area contributed by atoms with Crippen molar-refractivity contribution in [2.24, 2.45) is 5.92 Å². The van der Waals surface area contributed by atoms with Crippen LogP contribution in [0.15, 0.2) is 42.5 Å².